The number of aryl methyl sites for hydroxylation is 2. The predicted octanol–water partition coefficient (Wildman–Crippen LogP) is 1.88. The van der Waals surface area contributed by atoms with Crippen molar-refractivity contribution in [3.05, 3.63) is 29.3 Å². The number of hydrogen-bond acceptors (Lipinski definition) is 2. The van der Waals surface area contributed by atoms with E-state index in [9.17, 15) is 4.89 Å². The molecular formula is C9H13O2P. The van der Waals surface area contributed by atoms with Crippen molar-refractivity contribution < 1.29 is 9.42 Å². The van der Waals surface area contributed by atoms with Crippen LogP contribution in [0.4, 0.5) is 0 Å². The van der Waals surface area contributed by atoms with E-state index in [0.29, 0.717) is 0 Å². The van der Waals surface area contributed by atoms with Crippen molar-refractivity contribution in [3.8, 4) is 0 Å². The molecule has 0 saturated carbocycles. The summed E-state index contributed by atoms with van der Waals surface area (Å²) in [5.41, 5.74) is 2.42. The Morgan fingerprint density at radius 2 is 1.92 bits per heavy atom. The van der Waals surface area contributed by atoms with Crippen LogP contribution in [0.2, 0.25) is 0 Å². The highest BCUT2D eigenvalue weighted by Crippen LogP contribution is 2.28. The first kappa shape index (κ1) is 9.66. The highest BCUT2D eigenvalue weighted by molar-refractivity contribution is 7.54. The monoisotopic (exact) mass is 184 g/mol. The molecule has 3 heteroatoms. The van der Waals surface area contributed by atoms with Gasteiger partial charge < -0.3 is 9.42 Å². The highest BCUT2D eigenvalue weighted by Gasteiger charge is 2.06. The van der Waals surface area contributed by atoms with Gasteiger partial charge >= 0.3 is 0 Å². The van der Waals surface area contributed by atoms with Crippen molar-refractivity contribution in [2.24, 2.45) is 0 Å². The zero-order valence-corrected chi connectivity index (χ0v) is 8.43. The molecule has 1 rings (SSSR count). The zero-order valence-electron chi connectivity index (χ0n) is 7.53. The third-order valence-corrected chi connectivity index (χ3v) is 2.95. The second-order valence-corrected chi connectivity index (χ2v) is 4.15. The molecule has 0 amide bonds. The Morgan fingerprint density at radius 1 is 1.25 bits per heavy atom. The number of benzene rings is 1. The van der Waals surface area contributed by atoms with E-state index in [4.69, 9.17) is 4.52 Å². The molecule has 0 aliphatic rings. The van der Waals surface area contributed by atoms with E-state index in [0.717, 1.165) is 5.30 Å². The molecule has 66 valence electrons. The van der Waals surface area contributed by atoms with Crippen LogP contribution < -0.4 is 5.30 Å². The standard InChI is InChI=1S/C9H13O2P/c1-7-4-5-9(6-8(7)2)12(10)11-3/h4-6,10H,1-3H3. The maximum Gasteiger partial charge on any atom is 0.202 e. The molecule has 0 aliphatic carbocycles. The van der Waals surface area contributed by atoms with Crippen molar-refractivity contribution in [2.45, 2.75) is 13.8 Å². The first-order chi connectivity index (χ1) is 5.65. The average molecular weight is 184 g/mol. The lowest BCUT2D eigenvalue weighted by Crippen LogP contribution is -2.02. The van der Waals surface area contributed by atoms with Gasteiger partial charge in [0.05, 0.1) is 0 Å². The molecule has 0 spiro atoms. The maximum atomic E-state index is 9.39. The fourth-order valence-electron chi connectivity index (χ4n) is 0.950. The molecule has 0 saturated heterocycles. The Morgan fingerprint density at radius 3 is 2.42 bits per heavy atom. The largest absolute Gasteiger partial charge is 0.346 e. The van der Waals surface area contributed by atoms with Crippen LogP contribution >= 0.6 is 8.38 Å². The number of rotatable bonds is 2. The third-order valence-electron chi connectivity index (χ3n) is 1.88. The van der Waals surface area contributed by atoms with E-state index in [-0.39, 0.29) is 0 Å². The summed E-state index contributed by atoms with van der Waals surface area (Å²) in [6.45, 7) is 4.07. The summed E-state index contributed by atoms with van der Waals surface area (Å²) >= 11 is 0. The second-order valence-electron chi connectivity index (χ2n) is 2.72. The van der Waals surface area contributed by atoms with Crippen molar-refractivity contribution in [2.75, 3.05) is 7.11 Å². The van der Waals surface area contributed by atoms with Crippen LogP contribution in [-0.2, 0) is 4.52 Å². The minimum atomic E-state index is -1.40. The molecule has 1 aromatic rings. The van der Waals surface area contributed by atoms with Gasteiger partial charge in [0, 0.05) is 12.4 Å². The summed E-state index contributed by atoms with van der Waals surface area (Å²) in [6.07, 6.45) is 0. The minimum Gasteiger partial charge on any atom is -0.346 e. The average Bonchev–Trinajstić information content (AvgIpc) is 2.08. The van der Waals surface area contributed by atoms with Gasteiger partial charge in [-0.2, -0.15) is 0 Å². The van der Waals surface area contributed by atoms with Gasteiger partial charge in [-0.15, -0.1) is 0 Å². The Hall–Kier alpha value is -0.430. The lowest BCUT2D eigenvalue weighted by atomic mass is 10.1. The van der Waals surface area contributed by atoms with Crippen LogP contribution in [0, 0.1) is 13.8 Å². The molecule has 0 bridgehead atoms. The van der Waals surface area contributed by atoms with Crippen molar-refractivity contribution >= 4 is 13.7 Å². The van der Waals surface area contributed by atoms with E-state index >= 15 is 0 Å². The SMILES string of the molecule is COP(O)c1ccc(C)c(C)c1. The molecule has 1 aromatic carbocycles. The second kappa shape index (κ2) is 3.99. The van der Waals surface area contributed by atoms with Crippen molar-refractivity contribution in [1.82, 2.24) is 0 Å². The van der Waals surface area contributed by atoms with E-state index < -0.39 is 8.38 Å². The van der Waals surface area contributed by atoms with E-state index in [1.807, 2.05) is 32.0 Å². The Kier molecular flexibility index (Phi) is 3.21. The molecule has 0 heterocycles. The lowest BCUT2D eigenvalue weighted by Gasteiger charge is -2.08. The number of hydrogen-bond donors (Lipinski definition) is 1. The molecule has 12 heavy (non-hydrogen) atoms. The van der Waals surface area contributed by atoms with Gasteiger partial charge in [-0.05, 0) is 37.1 Å². The van der Waals surface area contributed by atoms with Gasteiger partial charge in [0.15, 0.2) is 0 Å². The Bertz CT molecular complexity index is 273. The van der Waals surface area contributed by atoms with Crippen molar-refractivity contribution in [1.29, 1.82) is 0 Å². The summed E-state index contributed by atoms with van der Waals surface area (Å²) in [5, 5.41) is 0.871. The summed E-state index contributed by atoms with van der Waals surface area (Å²) < 4.78 is 4.85. The summed E-state index contributed by atoms with van der Waals surface area (Å²) in [7, 11) is 0.113. The van der Waals surface area contributed by atoms with Gasteiger partial charge in [-0.25, -0.2) is 0 Å². The lowest BCUT2D eigenvalue weighted by molar-refractivity contribution is 0.400. The van der Waals surface area contributed by atoms with E-state index in [1.165, 1.54) is 18.2 Å². The van der Waals surface area contributed by atoms with Gasteiger partial charge in [0.25, 0.3) is 0 Å². The van der Waals surface area contributed by atoms with Crippen LogP contribution in [0.3, 0.4) is 0 Å². The molecule has 0 radical (unpaired) electrons. The fourth-order valence-corrected chi connectivity index (χ4v) is 1.67. The Balaban J connectivity index is 2.96. The van der Waals surface area contributed by atoms with Gasteiger partial charge in [0.1, 0.15) is 0 Å². The summed E-state index contributed by atoms with van der Waals surface area (Å²) in [5.74, 6) is 0. The van der Waals surface area contributed by atoms with Crippen LogP contribution in [0.25, 0.3) is 0 Å². The molecule has 1 atom stereocenters. The van der Waals surface area contributed by atoms with Gasteiger partial charge in [0.2, 0.25) is 8.38 Å². The van der Waals surface area contributed by atoms with Crippen molar-refractivity contribution in [3.63, 3.8) is 0 Å². The molecule has 0 aliphatic heterocycles. The molecule has 0 aromatic heterocycles. The van der Waals surface area contributed by atoms with Gasteiger partial charge in [-0.1, -0.05) is 6.07 Å². The first-order valence-electron chi connectivity index (χ1n) is 3.75. The van der Waals surface area contributed by atoms with Crippen LogP contribution in [0.5, 0.6) is 0 Å². The van der Waals surface area contributed by atoms with Crippen LogP contribution in [0.1, 0.15) is 11.1 Å². The van der Waals surface area contributed by atoms with E-state index in [1.54, 1.807) is 0 Å². The minimum absolute atomic E-state index is 0.871. The fraction of sp³-hybridized carbons (Fsp3) is 0.333. The molecule has 1 N–H and O–H groups in total. The van der Waals surface area contributed by atoms with E-state index in [2.05, 4.69) is 0 Å². The zero-order chi connectivity index (χ0) is 9.14. The predicted molar refractivity (Wildman–Crippen MR) is 51.7 cm³/mol. The topological polar surface area (TPSA) is 29.5 Å². The highest BCUT2D eigenvalue weighted by atomic mass is 31.2. The summed E-state index contributed by atoms with van der Waals surface area (Å²) in [6, 6.07) is 5.86. The first-order valence-corrected chi connectivity index (χ1v) is 4.96. The quantitative estimate of drug-likeness (QED) is 0.711. The molecule has 0 fully saturated rings. The van der Waals surface area contributed by atoms with Gasteiger partial charge in [-0.3, -0.25) is 0 Å². The maximum absolute atomic E-state index is 9.39. The normalized spacial score (nSPS) is 13.0. The Labute approximate surface area is 74.1 Å². The third kappa shape index (κ3) is 2.04. The molecule has 1 unspecified atom stereocenters. The smallest absolute Gasteiger partial charge is 0.202 e. The van der Waals surface area contributed by atoms with Crippen LogP contribution in [-0.4, -0.2) is 12.0 Å². The van der Waals surface area contributed by atoms with Crippen LogP contribution in [0.15, 0.2) is 18.2 Å². The molecule has 2 nitrogen and oxygen atoms in total. The molecular weight excluding hydrogens is 171 g/mol. The summed E-state index contributed by atoms with van der Waals surface area (Å²) in [4.78, 5) is 9.39.